The fourth-order valence-corrected chi connectivity index (χ4v) is 12.9. The van der Waals surface area contributed by atoms with Gasteiger partial charge in [-0.2, -0.15) is 0 Å². The molecular weight excluding hydrogens is 1120 g/mol. The predicted octanol–water partition coefficient (Wildman–Crippen LogP) is 10.5. The minimum Gasteiger partial charge on any atom is -0.494 e. The number of benzene rings is 6. The highest BCUT2D eigenvalue weighted by molar-refractivity contribution is 8.01. The van der Waals surface area contributed by atoms with Crippen LogP contribution in [0.4, 0.5) is 22.7 Å². The summed E-state index contributed by atoms with van der Waals surface area (Å²) in [4.78, 5) is 84.1. The van der Waals surface area contributed by atoms with Gasteiger partial charge >= 0.3 is 11.9 Å². The molecule has 6 aromatic carbocycles. The zero-order chi connectivity index (χ0) is 58.8. The molecule has 22 heteroatoms. The Bertz CT molecular complexity index is 3110. The standard InChI is InChI=1S/C62H64N6O14S2/c1-63-53-11-3-5-13-55(53)83-61(59(63)71,43-15-27-49(28-16-43)77-39-9-7-35-65(45-19-20-45)37-41-79-51-31-23-47(24-32-51)67(73)74)81-57(69)58(70)82-62(60(72)64(2)54-12-4-6-14-56(54)84-62)44-17-29-50(30-18-44)78-40-10-8-36-66(46-21-22-46)38-42-80-52-33-25-48(26-34-52)68(75)76/h3-6,11-18,23-34,45-46H,7-10,19-22,35-42H2,1-2H3. The van der Waals surface area contributed by atoms with Crippen molar-refractivity contribution in [2.45, 2.75) is 83.1 Å². The van der Waals surface area contributed by atoms with E-state index in [9.17, 15) is 39.4 Å². The lowest BCUT2D eigenvalue weighted by atomic mass is 10.1. The number of nitro groups is 2. The lowest BCUT2D eigenvalue weighted by Crippen LogP contribution is -2.52. The molecule has 2 heterocycles. The largest absolute Gasteiger partial charge is 0.494 e. The first-order valence-electron chi connectivity index (χ1n) is 28.0. The van der Waals surface area contributed by atoms with Crippen molar-refractivity contribution in [1.29, 1.82) is 0 Å². The van der Waals surface area contributed by atoms with Crippen LogP contribution in [0.5, 0.6) is 23.0 Å². The Morgan fingerprint density at radius 2 is 0.821 bits per heavy atom. The molecule has 0 bridgehead atoms. The number of carbonyl (C=O) groups excluding carboxylic acids is 4. The van der Waals surface area contributed by atoms with Crippen molar-refractivity contribution in [3.05, 3.63) is 177 Å². The number of likely N-dealkylation sites (N-methyl/N-ethyl adjacent to an activating group) is 2. The summed E-state index contributed by atoms with van der Waals surface area (Å²) >= 11 is 1.95. The van der Waals surface area contributed by atoms with Crippen molar-refractivity contribution < 1.29 is 57.4 Å². The number of carbonyl (C=O) groups is 4. The molecule has 2 fully saturated rings. The highest BCUT2D eigenvalue weighted by atomic mass is 32.2. The zero-order valence-electron chi connectivity index (χ0n) is 46.5. The quantitative estimate of drug-likeness (QED) is 0.0146. The SMILES string of the molecule is CN1C(=O)C(OC(=O)C(=O)OC2(c3ccc(OCCCCN(CCOc4ccc([N+](=O)[O-])cc4)C4CC4)cc3)Sc3ccccc3N(C)C2=O)(c2ccc(OCCCCN(CCOc3ccc([N+](=O)[O-])cc3)C3CC3)cc2)Sc2ccccc21. The second-order valence-electron chi connectivity index (χ2n) is 20.8. The van der Waals surface area contributed by atoms with Crippen LogP contribution in [-0.2, 0) is 38.5 Å². The molecule has 2 unspecified atom stereocenters. The first-order chi connectivity index (χ1) is 40.7. The van der Waals surface area contributed by atoms with Crippen molar-refractivity contribution in [3.63, 3.8) is 0 Å². The van der Waals surface area contributed by atoms with Gasteiger partial charge in [0, 0.05) is 84.5 Å². The first kappa shape index (κ1) is 59.0. The number of fused-ring (bicyclic) bond motifs is 2. The lowest BCUT2D eigenvalue weighted by Gasteiger charge is -2.41. The average molecular weight is 1180 g/mol. The van der Waals surface area contributed by atoms with Crippen molar-refractivity contribution in [3.8, 4) is 23.0 Å². The van der Waals surface area contributed by atoms with Gasteiger partial charge in [0.2, 0.25) is 0 Å². The van der Waals surface area contributed by atoms with Crippen molar-refractivity contribution >= 4 is 70.0 Å². The Hall–Kier alpha value is -8.18. The van der Waals surface area contributed by atoms with E-state index in [4.69, 9.17) is 28.4 Å². The molecular formula is C62H64N6O14S2. The van der Waals surface area contributed by atoms with Gasteiger partial charge in [-0.25, -0.2) is 9.59 Å². The molecule has 2 aliphatic carbocycles. The van der Waals surface area contributed by atoms with Gasteiger partial charge in [-0.1, -0.05) is 47.8 Å². The molecule has 84 heavy (non-hydrogen) atoms. The van der Waals surface area contributed by atoms with E-state index in [2.05, 4.69) is 9.80 Å². The number of rotatable bonds is 28. The molecule has 438 valence electrons. The van der Waals surface area contributed by atoms with Crippen LogP contribution in [0.2, 0.25) is 0 Å². The summed E-state index contributed by atoms with van der Waals surface area (Å²) in [5.41, 5.74) is 1.71. The van der Waals surface area contributed by atoms with E-state index < -0.39 is 43.5 Å². The number of anilines is 2. The van der Waals surface area contributed by atoms with E-state index >= 15 is 0 Å². The maximum atomic E-state index is 14.7. The van der Waals surface area contributed by atoms with Crippen LogP contribution in [0.3, 0.4) is 0 Å². The number of esters is 2. The number of hydrogen-bond acceptors (Lipinski definition) is 18. The van der Waals surface area contributed by atoms with E-state index in [1.54, 1.807) is 135 Å². The van der Waals surface area contributed by atoms with E-state index in [-0.39, 0.29) is 22.5 Å². The minimum absolute atomic E-state index is 0.0128. The van der Waals surface area contributed by atoms with Crippen LogP contribution in [0.25, 0.3) is 0 Å². The van der Waals surface area contributed by atoms with E-state index in [1.165, 1.54) is 34.1 Å². The number of hydrogen-bond donors (Lipinski definition) is 0. The van der Waals surface area contributed by atoms with Gasteiger partial charge < -0.3 is 38.2 Å². The van der Waals surface area contributed by atoms with Gasteiger partial charge in [-0.05, 0) is 162 Å². The fraction of sp³-hybridized carbons (Fsp3) is 0.355. The van der Waals surface area contributed by atoms with Crippen LogP contribution in [-0.4, -0.2) is 122 Å². The average Bonchev–Trinajstić information content (AvgIpc) is 1.66. The molecule has 2 aliphatic heterocycles. The fourth-order valence-electron chi connectivity index (χ4n) is 10.1. The number of thioether (sulfide) groups is 2. The summed E-state index contributed by atoms with van der Waals surface area (Å²) in [6, 6.07) is 40.7. The van der Waals surface area contributed by atoms with Gasteiger partial charge in [0.25, 0.3) is 33.1 Å². The highest BCUT2D eigenvalue weighted by Gasteiger charge is 2.56. The first-order valence-corrected chi connectivity index (χ1v) is 29.6. The number of nitrogens with zero attached hydrogens (tertiary/aromatic N) is 6. The summed E-state index contributed by atoms with van der Waals surface area (Å²) in [6.45, 7) is 4.86. The van der Waals surface area contributed by atoms with Crippen molar-refractivity contribution in [2.75, 3.05) is 76.5 Å². The lowest BCUT2D eigenvalue weighted by molar-refractivity contribution is -0.385. The summed E-state index contributed by atoms with van der Waals surface area (Å²) < 4.78 is 36.4. The minimum atomic E-state index is -2.10. The molecule has 0 spiro atoms. The smallest absolute Gasteiger partial charge is 0.419 e. The van der Waals surface area contributed by atoms with Crippen molar-refractivity contribution in [2.24, 2.45) is 0 Å². The molecule has 10 rings (SSSR count). The molecule has 20 nitrogen and oxygen atoms in total. The molecule has 0 saturated heterocycles. The molecule has 2 amide bonds. The zero-order valence-corrected chi connectivity index (χ0v) is 48.2. The number of amides is 2. The Labute approximate surface area is 494 Å². The number of ether oxygens (including phenoxy) is 6. The van der Waals surface area contributed by atoms with E-state index in [0.29, 0.717) is 82.7 Å². The molecule has 6 aromatic rings. The highest BCUT2D eigenvalue weighted by Crippen LogP contribution is 2.54. The van der Waals surface area contributed by atoms with Gasteiger partial charge in [-0.3, -0.25) is 39.6 Å². The molecule has 2 atom stereocenters. The monoisotopic (exact) mass is 1180 g/mol. The topological polar surface area (TPSA) is 223 Å². The number of nitro benzene ring substituents is 2. The normalized spacial score (nSPS) is 18.2. The molecule has 0 radical (unpaired) electrons. The van der Waals surface area contributed by atoms with Crippen LogP contribution in [0.15, 0.2) is 155 Å². The van der Waals surface area contributed by atoms with Crippen LogP contribution >= 0.6 is 23.5 Å². The van der Waals surface area contributed by atoms with E-state index in [1.807, 2.05) is 0 Å². The molecule has 4 aliphatic rings. The van der Waals surface area contributed by atoms with Gasteiger partial charge in [0.15, 0.2) is 0 Å². The Morgan fingerprint density at radius 3 is 1.17 bits per heavy atom. The summed E-state index contributed by atoms with van der Waals surface area (Å²) in [5.74, 6) is -2.05. The van der Waals surface area contributed by atoms with Crippen molar-refractivity contribution in [1.82, 2.24) is 9.80 Å². The Balaban J connectivity index is 0.774. The number of para-hydroxylation sites is 2. The number of unbranched alkanes of at least 4 members (excludes halogenated alkanes) is 2. The number of non-ortho nitro benzene ring substituents is 2. The second-order valence-corrected chi connectivity index (χ2v) is 23.2. The van der Waals surface area contributed by atoms with Crippen LogP contribution < -0.4 is 28.7 Å². The summed E-state index contributed by atoms with van der Waals surface area (Å²) in [7, 11) is 3.13. The third-order valence-corrected chi connectivity index (χ3v) is 17.7. The van der Waals surface area contributed by atoms with Crippen LogP contribution in [0, 0.1) is 20.2 Å². The molecule has 0 aromatic heterocycles. The third kappa shape index (κ3) is 13.9. The predicted molar refractivity (Wildman–Crippen MR) is 316 cm³/mol. The van der Waals surface area contributed by atoms with Gasteiger partial charge in [0.05, 0.1) is 34.4 Å². The maximum Gasteiger partial charge on any atom is 0.419 e. The van der Waals surface area contributed by atoms with Gasteiger partial charge in [0.1, 0.15) is 36.2 Å². The van der Waals surface area contributed by atoms with E-state index in [0.717, 1.165) is 101 Å². The van der Waals surface area contributed by atoms with Crippen LogP contribution in [0.1, 0.15) is 62.5 Å². The third-order valence-electron chi connectivity index (χ3n) is 15.0. The summed E-state index contributed by atoms with van der Waals surface area (Å²) in [5, 5.41) is 22.0. The Morgan fingerprint density at radius 1 is 0.488 bits per heavy atom. The maximum absolute atomic E-state index is 14.7. The molecule has 0 N–H and O–H groups in total. The molecule has 2 saturated carbocycles. The second kappa shape index (κ2) is 26.6. The summed E-state index contributed by atoms with van der Waals surface area (Å²) in [6.07, 6.45) is 7.73. The Kier molecular flexibility index (Phi) is 18.7. The van der Waals surface area contributed by atoms with Gasteiger partial charge in [-0.15, -0.1) is 0 Å².